The SMILES string of the molecule is COc1ccc(/C(C)=N/NC(=O)CCN2CCN(c3ccccc3)CC2)c(O)c1. The van der Waals surface area contributed by atoms with Crippen molar-refractivity contribution < 1.29 is 14.6 Å². The number of rotatable bonds is 7. The molecule has 0 spiro atoms. The molecule has 1 aliphatic heterocycles. The number of hydrogen-bond acceptors (Lipinski definition) is 6. The second-order valence-corrected chi connectivity index (χ2v) is 7.03. The first kappa shape index (κ1) is 20.7. The molecular formula is C22H28N4O3. The molecule has 3 rings (SSSR count). The Morgan fingerprint density at radius 2 is 1.86 bits per heavy atom. The zero-order valence-corrected chi connectivity index (χ0v) is 17.0. The number of nitrogens with zero attached hydrogens (tertiary/aromatic N) is 3. The molecule has 154 valence electrons. The highest BCUT2D eigenvalue weighted by molar-refractivity contribution is 6.01. The van der Waals surface area contributed by atoms with Crippen molar-refractivity contribution in [1.82, 2.24) is 10.3 Å². The summed E-state index contributed by atoms with van der Waals surface area (Å²) in [5.41, 5.74) is 4.92. The molecule has 2 aromatic carbocycles. The normalized spacial score (nSPS) is 15.2. The number of aromatic hydroxyl groups is 1. The standard InChI is InChI=1S/C22H28N4O3/c1-17(20-9-8-19(29-2)16-21(20)27)23-24-22(28)10-11-25-12-14-26(15-13-25)18-6-4-3-5-7-18/h3-9,16,27H,10-15H2,1-2H3,(H,24,28)/b23-17+. The van der Waals surface area contributed by atoms with E-state index in [0.29, 0.717) is 30.0 Å². The molecule has 2 N–H and O–H groups in total. The zero-order valence-electron chi connectivity index (χ0n) is 17.0. The summed E-state index contributed by atoms with van der Waals surface area (Å²) in [6.07, 6.45) is 0.386. The van der Waals surface area contributed by atoms with Crippen molar-refractivity contribution in [2.75, 3.05) is 44.7 Å². The minimum Gasteiger partial charge on any atom is -0.507 e. The lowest BCUT2D eigenvalue weighted by atomic mass is 10.1. The van der Waals surface area contributed by atoms with E-state index < -0.39 is 0 Å². The average Bonchev–Trinajstić information content (AvgIpc) is 2.76. The van der Waals surface area contributed by atoms with Crippen LogP contribution in [0.3, 0.4) is 0 Å². The largest absolute Gasteiger partial charge is 0.507 e. The lowest BCUT2D eigenvalue weighted by Crippen LogP contribution is -2.47. The molecule has 1 amide bonds. The third kappa shape index (κ3) is 5.71. The van der Waals surface area contributed by atoms with E-state index in [1.54, 1.807) is 19.1 Å². The number of para-hydroxylation sites is 1. The minimum atomic E-state index is -0.136. The van der Waals surface area contributed by atoms with E-state index in [2.05, 4.69) is 44.6 Å². The van der Waals surface area contributed by atoms with E-state index in [4.69, 9.17) is 4.74 Å². The Balaban J connectivity index is 1.43. The number of carbonyl (C=O) groups is 1. The van der Waals surface area contributed by atoms with Gasteiger partial charge < -0.3 is 14.7 Å². The van der Waals surface area contributed by atoms with Crippen LogP contribution < -0.4 is 15.1 Å². The molecule has 0 aliphatic carbocycles. The smallest absolute Gasteiger partial charge is 0.241 e. The number of methoxy groups -OCH3 is 1. The second kappa shape index (κ2) is 9.93. The maximum absolute atomic E-state index is 12.2. The van der Waals surface area contributed by atoms with Gasteiger partial charge in [0.15, 0.2) is 0 Å². The predicted molar refractivity (Wildman–Crippen MR) is 115 cm³/mol. The number of phenols is 1. The summed E-state index contributed by atoms with van der Waals surface area (Å²) in [5, 5.41) is 14.2. The molecule has 0 aromatic heterocycles. The molecule has 29 heavy (non-hydrogen) atoms. The van der Waals surface area contributed by atoms with Crippen LogP contribution in [0.15, 0.2) is 53.6 Å². The van der Waals surface area contributed by atoms with Crippen molar-refractivity contribution in [2.24, 2.45) is 5.10 Å². The van der Waals surface area contributed by atoms with E-state index in [-0.39, 0.29) is 11.7 Å². The molecule has 7 heteroatoms. The summed E-state index contributed by atoms with van der Waals surface area (Å²) in [6.45, 7) is 6.23. The Morgan fingerprint density at radius 3 is 2.52 bits per heavy atom. The fourth-order valence-electron chi connectivity index (χ4n) is 3.33. The fraction of sp³-hybridized carbons (Fsp3) is 0.364. The third-order valence-corrected chi connectivity index (χ3v) is 5.09. The van der Waals surface area contributed by atoms with Crippen LogP contribution in [-0.4, -0.2) is 61.5 Å². The monoisotopic (exact) mass is 396 g/mol. The predicted octanol–water partition coefficient (Wildman–Crippen LogP) is 2.45. The highest BCUT2D eigenvalue weighted by atomic mass is 16.5. The number of hydrazone groups is 1. The number of ether oxygens (including phenoxy) is 1. The quantitative estimate of drug-likeness (QED) is 0.555. The Kier molecular flexibility index (Phi) is 7.08. The van der Waals surface area contributed by atoms with Gasteiger partial charge in [0.25, 0.3) is 0 Å². The maximum Gasteiger partial charge on any atom is 0.241 e. The summed E-state index contributed by atoms with van der Waals surface area (Å²) in [4.78, 5) is 16.8. The number of nitrogens with one attached hydrogen (secondary N) is 1. The van der Waals surface area contributed by atoms with Gasteiger partial charge >= 0.3 is 0 Å². The van der Waals surface area contributed by atoms with Crippen LogP contribution in [0.4, 0.5) is 5.69 Å². The molecule has 1 fully saturated rings. The van der Waals surface area contributed by atoms with Gasteiger partial charge in [-0.15, -0.1) is 0 Å². The third-order valence-electron chi connectivity index (χ3n) is 5.09. The fourth-order valence-corrected chi connectivity index (χ4v) is 3.33. The van der Waals surface area contributed by atoms with Crippen molar-refractivity contribution >= 4 is 17.3 Å². The van der Waals surface area contributed by atoms with Gasteiger partial charge in [0.1, 0.15) is 11.5 Å². The lowest BCUT2D eigenvalue weighted by molar-refractivity contribution is -0.121. The van der Waals surface area contributed by atoms with Gasteiger partial charge in [-0.1, -0.05) is 18.2 Å². The number of amides is 1. The van der Waals surface area contributed by atoms with Gasteiger partial charge in [0, 0.05) is 56.5 Å². The van der Waals surface area contributed by atoms with E-state index in [1.807, 2.05) is 6.07 Å². The first-order valence-electron chi connectivity index (χ1n) is 9.79. The number of carbonyl (C=O) groups excluding carboxylic acids is 1. The van der Waals surface area contributed by atoms with Gasteiger partial charge in [0.05, 0.1) is 12.8 Å². The van der Waals surface area contributed by atoms with Gasteiger partial charge in [-0.05, 0) is 31.2 Å². The topological polar surface area (TPSA) is 77.4 Å². The summed E-state index contributed by atoms with van der Waals surface area (Å²) in [7, 11) is 1.54. The van der Waals surface area contributed by atoms with Gasteiger partial charge in [-0.3, -0.25) is 9.69 Å². The van der Waals surface area contributed by atoms with E-state index >= 15 is 0 Å². The van der Waals surface area contributed by atoms with Crippen LogP contribution in [0.25, 0.3) is 0 Å². The highest BCUT2D eigenvalue weighted by Crippen LogP contribution is 2.23. The summed E-state index contributed by atoms with van der Waals surface area (Å²) in [6, 6.07) is 15.4. The Hall–Kier alpha value is -3.06. The van der Waals surface area contributed by atoms with Gasteiger partial charge in [0.2, 0.25) is 5.91 Å². The van der Waals surface area contributed by atoms with Crippen LogP contribution >= 0.6 is 0 Å². The van der Waals surface area contributed by atoms with Crippen LogP contribution in [0.1, 0.15) is 18.9 Å². The van der Waals surface area contributed by atoms with Gasteiger partial charge in [-0.25, -0.2) is 5.43 Å². The molecule has 1 aliphatic rings. The van der Waals surface area contributed by atoms with E-state index in [9.17, 15) is 9.90 Å². The molecule has 0 bridgehead atoms. The van der Waals surface area contributed by atoms with Crippen LogP contribution in [0.2, 0.25) is 0 Å². The molecule has 7 nitrogen and oxygen atoms in total. The molecule has 0 unspecified atom stereocenters. The number of phenolic OH excluding ortho intramolecular Hbond substituents is 1. The number of benzene rings is 2. The van der Waals surface area contributed by atoms with Gasteiger partial charge in [-0.2, -0.15) is 5.10 Å². The van der Waals surface area contributed by atoms with Crippen molar-refractivity contribution in [2.45, 2.75) is 13.3 Å². The number of anilines is 1. The van der Waals surface area contributed by atoms with Crippen molar-refractivity contribution in [1.29, 1.82) is 0 Å². The van der Waals surface area contributed by atoms with E-state index in [0.717, 1.165) is 26.2 Å². The Labute approximate surface area is 171 Å². The zero-order chi connectivity index (χ0) is 20.6. The Bertz CT molecular complexity index is 846. The second-order valence-electron chi connectivity index (χ2n) is 7.03. The number of piperazine rings is 1. The van der Waals surface area contributed by atoms with Crippen molar-refractivity contribution in [3.63, 3.8) is 0 Å². The van der Waals surface area contributed by atoms with Crippen molar-refractivity contribution in [3.05, 3.63) is 54.1 Å². The highest BCUT2D eigenvalue weighted by Gasteiger charge is 2.17. The minimum absolute atomic E-state index is 0.0659. The molecular weight excluding hydrogens is 368 g/mol. The molecule has 1 saturated heterocycles. The van der Waals surface area contributed by atoms with Crippen LogP contribution in [-0.2, 0) is 4.79 Å². The maximum atomic E-state index is 12.2. The first-order chi connectivity index (χ1) is 14.1. The summed E-state index contributed by atoms with van der Waals surface area (Å²) in [5.74, 6) is 0.495. The molecule has 1 heterocycles. The van der Waals surface area contributed by atoms with Crippen LogP contribution in [0.5, 0.6) is 11.5 Å². The van der Waals surface area contributed by atoms with Crippen LogP contribution in [0, 0.1) is 0 Å². The van der Waals surface area contributed by atoms with Crippen molar-refractivity contribution in [3.8, 4) is 11.5 Å². The molecule has 0 radical (unpaired) electrons. The molecule has 0 atom stereocenters. The molecule has 0 saturated carbocycles. The first-order valence-corrected chi connectivity index (χ1v) is 9.79. The van der Waals surface area contributed by atoms with E-state index in [1.165, 1.54) is 18.9 Å². The summed E-state index contributed by atoms with van der Waals surface area (Å²) < 4.78 is 5.07. The Morgan fingerprint density at radius 1 is 1.14 bits per heavy atom. The number of hydrogen-bond donors (Lipinski definition) is 2. The molecule has 2 aromatic rings. The average molecular weight is 396 g/mol. The lowest BCUT2D eigenvalue weighted by Gasteiger charge is -2.36. The summed E-state index contributed by atoms with van der Waals surface area (Å²) >= 11 is 0.